The highest BCUT2D eigenvalue weighted by Crippen LogP contribution is 2.40. The number of imidazole rings is 1. The lowest BCUT2D eigenvalue weighted by molar-refractivity contribution is 0.327. The van der Waals surface area contributed by atoms with Gasteiger partial charge in [0.05, 0.1) is 24.3 Å². The monoisotopic (exact) mass is 257 g/mol. The van der Waals surface area contributed by atoms with Gasteiger partial charge in [0.1, 0.15) is 5.82 Å². The summed E-state index contributed by atoms with van der Waals surface area (Å²) in [6.07, 6.45) is 8.58. The molecule has 0 unspecified atom stereocenters. The van der Waals surface area contributed by atoms with Gasteiger partial charge >= 0.3 is 0 Å². The van der Waals surface area contributed by atoms with Crippen LogP contribution >= 0.6 is 0 Å². The normalized spacial score (nSPS) is 24.7. The summed E-state index contributed by atoms with van der Waals surface area (Å²) in [6, 6.07) is 5.83. The summed E-state index contributed by atoms with van der Waals surface area (Å²) in [5.74, 6) is -0.196. The van der Waals surface area contributed by atoms with Crippen molar-refractivity contribution < 1.29 is 4.39 Å². The van der Waals surface area contributed by atoms with Crippen LogP contribution in [0, 0.1) is 5.82 Å². The van der Waals surface area contributed by atoms with Crippen LogP contribution in [0.5, 0.6) is 0 Å². The summed E-state index contributed by atoms with van der Waals surface area (Å²) >= 11 is 0. The van der Waals surface area contributed by atoms with Gasteiger partial charge in [-0.2, -0.15) is 0 Å². The Morgan fingerprint density at radius 3 is 3.11 bits per heavy atom. The SMILES string of the molecule is Fc1ccc2c(c1)-c1cncn1[C@@H]1CCCC[C@H]1N2. The summed E-state index contributed by atoms with van der Waals surface area (Å²) in [7, 11) is 0. The third-order valence-electron chi connectivity index (χ3n) is 4.35. The maximum absolute atomic E-state index is 13.5. The largest absolute Gasteiger partial charge is 0.380 e. The van der Waals surface area contributed by atoms with E-state index < -0.39 is 0 Å². The van der Waals surface area contributed by atoms with Gasteiger partial charge in [0, 0.05) is 17.3 Å². The van der Waals surface area contributed by atoms with E-state index in [1.165, 1.54) is 25.3 Å². The van der Waals surface area contributed by atoms with E-state index in [1.54, 1.807) is 6.07 Å². The second-order valence-corrected chi connectivity index (χ2v) is 5.48. The molecule has 4 heteroatoms. The van der Waals surface area contributed by atoms with Crippen LogP contribution in [0.3, 0.4) is 0 Å². The molecule has 1 fully saturated rings. The van der Waals surface area contributed by atoms with Crippen molar-refractivity contribution in [2.24, 2.45) is 0 Å². The molecule has 0 radical (unpaired) electrons. The zero-order chi connectivity index (χ0) is 12.8. The first-order valence-corrected chi connectivity index (χ1v) is 6.91. The second-order valence-electron chi connectivity index (χ2n) is 5.48. The van der Waals surface area contributed by atoms with E-state index >= 15 is 0 Å². The lowest BCUT2D eigenvalue weighted by Gasteiger charge is -2.32. The summed E-state index contributed by atoms with van der Waals surface area (Å²) in [6.45, 7) is 0. The molecule has 0 bridgehead atoms. The number of rotatable bonds is 0. The van der Waals surface area contributed by atoms with E-state index in [0.717, 1.165) is 23.4 Å². The third kappa shape index (κ3) is 1.66. The summed E-state index contributed by atoms with van der Waals surface area (Å²) in [5.41, 5.74) is 2.97. The lowest BCUT2D eigenvalue weighted by Crippen LogP contribution is -2.32. The molecule has 2 heterocycles. The molecule has 3 nitrogen and oxygen atoms in total. The molecule has 1 saturated carbocycles. The van der Waals surface area contributed by atoms with Crippen LogP contribution in [0.4, 0.5) is 10.1 Å². The highest BCUT2D eigenvalue weighted by atomic mass is 19.1. The molecule has 1 aromatic heterocycles. The van der Waals surface area contributed by atoms with Gasteiger partial charge in [0.15, 0.2) is 0 Å². The zero-order valence-electron chi connectivity index (χ0n) is 10.6. The number of nitrogens with one attached hydrogen (secondary N) is 1. The standard InChI is InChI=1S/C15H16FN3/c16-10-5-6-12-11(7-10)15-8-17-9-19(15)14-4-2-1-3-13(14)18-12/h5-9,13-14,18H,1-4H2/t13-,14-/m1/s1. The fraction of sp³-hybridized carbons (Fsp3) is 0.400. The minimum atomic E-state index is -0.196. The van der Waals surface area contributed by atoms with Crippen molar-refractivity contribution in [2.45, 2.75) is 37.8 Å². The lowest BCUT2D eigenvalue weighted by atomic mass is 9.90. The molecule has 1 aliphatic carbocycles. The molecule has 4 rings (SSSR count). The molecule has 0 spiro atoms. The van der Waals surface area contributed by atoms with E-state index in [9.17, 15) is 4.39 Å². The van der Waals surface area contributed by atoms with Crippen molar-refractivity contribution in [3.8, 4) is 11.3 Å². The highest BCUT2D eigenvalue weighted by Gasteiger charge is 2.31. The van der Waals surface area contributed by atoms with Crippen LogP contribution in [0.2, 0.25) is 0 Å². The molecule has 0 amide bonds. The van der Waals surface area contributed by atoms with Gasteiger partial charge in [-0.3, -0.25) is 0 Å². The Labute approximate surface area is 111 Å². The predicted molar refractivity (Wildman–Crippen MR) is 72.5 cm³/mol. The van der Waals surface area contributed by atoms with E-state index in [1.807, 2.05) is 18.6 Å². The van der Waals surface area contributed by atoms with Crippen molar-refractivity contribution >= 4 is 5.69 Å². The first kappa shape index (κ1) is 11.0. The first-order chi connectivity index (χ1) is 9.33. The maximum atomic E-state index is 13.5. The molecule has 2 atom stereocenters. The molecule has 1 aliphatic heterocycles. The Kier molecular flexibility index (Phi) is 2.37. The van der Waals surface area contributed by atoms with Crippen LogP contribution in [0.15, 0.2) is 30.7 Å². The van der Waals surface area contributed by atoms with Gasteiger partial charge in [0.25, 0.3) is 0 Å². The van der Waals surface area contributed by atoms with Crippen LogP contribution in [0.25, 0.3) is 11.3 Å². The maximum Gasteiger partial charge on any atom is 0.124 e. The van der Waals surface area contributed by atoms with E-state index in [-0.39, 0.29) is 5.82 Å². The molecule has 1 N–H and O–H groups in total. The van der Waals surface area contributed by atoms with Gasteiger partial charge in [-0.25, -0.2) is 9.37 Å². The number of benzene rings is 1. The number of fused-ring (bicyclic) bond motifs is 5. The molecule has 0 saturated heterocycles. The van der Waals surface area contributed by atoms with Gasteiger partial charge in [-0.1, -0.05) is 12.8 Å². The van der Waals surface area contributed by atoms with Crippen molar-refractivity contribution in [3.63, 3.8) is 0 Å². The van der Waals surface area contributed by atoms with E-state index in [4.69, 9.17) is 0 Å². The topological polar surface area (TPSA) is 29.9 Å². The van der Waals surface area contributed by atoms with Crippen LogP contribution in [-0.2, 0) is 0 Å². The van der Waals surface area contributed by atoms with Gasteiger partial charge in [-0.05, 0) is 31.0 Å². The summed E-state index contributed by atoms with van der Waals surface area (Å²) < 4.78 is 15.8. The Hall–Kier alpha value is -1.84. The smallest absolute Gasteiger partial charge is 0.124 e. The third-order valence-corrected chi connectivity index (χ3v) is 4.35. The molecular weight excluding hydrogens is 241 g/mol. The van der Waals surface area contributed by atoms with Gasteiger partial charge in [0.2, 0.25) is 0 Å². The molecule has 19 heavy (non-hydrogen) atoms. The van der Waals surface area contributed by atoms with Crippen LogP contribution in [-0.4, -0.2) is 15.6 Å². The summed E-state index contributed by atoms with van der Waals surface area (Å²) in [4.78, 5) is 4.28. The van der Waals surface area contributed by atoms with Gasteiger partial charge < -0.3 is 9.88 Å². The predicted octanol–water partition coefficient (Wildman–Crippen LogP) is 3.60. The average molecular weight is 257 g/mol. The van der Waals surface area contributed by atoms with Crippen molar-refractivity contribution in [2.75, 3.05) is 5.32 Å². The number of aromatic nitrogens is 2. The Balaban J connectivity index is 1.93. The fourth-order valence-electron chi connectivity index (χ4n) is 3.44. The van der Waals surface area contributed by atoms with Gasteiger partial charge in [-0.15, -0.1) is 0 Å². The number of hydrogen-bond donors (Lipinski definition) is 1. The minimum Gasteiger partial charge on any atom is -0.380 e. The molecule has 1 aromatic carbocycles. The number of hydrogen-bond acceptors (Lipinski definition) is 2. The molecule has 2 aromatic rings. The number of anilines is 1. The highest BCUT2D eigenvalue weighted by molar-refractivity contribution is 5.77. The van der Waals surface area contributed by atoms with Crippen molar-refractivity contribution in [3.05, 3.63) is 36.5 Å². The average Bonchev–Trinajstić information content (AvgIpc) is 2.86. The zero-order valence-corrected chi connectivity index (χ0v) is 10.6. The number of nitrogens with zero attached hydrogens (tertiary/aromatic N) is 2. The molecular formula is C15H16FN3. The summed E-state index contributed by atoms with van der Waals surface area (Å²) in [5, 5.41) is 3.61. The van der Waals surface area contributed by atoms with Crippen molar-refractivity contribution in [1.29, 1.82) is 0 Å². The van der Waals surface area contributed by atoms with E-state index in [0.29, 0.717) is 12.1 Å². The van der Waals surface area contributed by atoms with Crippen LogP contribution < -0.4 is 5.32 Å². The van der Waals surface area contributed by atoms with Crippen LogP contribution in [0.1, 0.15) is 31.7 Å². The number of halogens is 1. The molecule has 98 valence electrons. The second kappa shape index (κ2) is 4.08. The van der Waals surface area contributed by atoms with E-state index in [2.05, 4.69) is 14.9 Å². The molecule has 2 aliphatic rings. The Morgan fingerprint density at radius 1 is 1.26 bits per heavy atom. The quantitative estimate of drug-likeness (QED) is 0.781. The Bertz CT molecular complexity index is 620. The fourth-order valence-corrected chi connectivity index (χ4v) is 3.44. The minimum absolute atomic E-state index is 0.196. The first-order valence-electron chi connectivity index (χ1n) is 6.91. The van der Waals surface area contributed by atoms with Crippen molar-refractivity contribution in [1.82, 2.24) is 9.55 Å². The Morgan fingerprint density at radius 2 is 2.16 bits per heavy atom.